The second-order valence-corrected chi connectivity index (χ2v) is 9.65. The summed E-state index contributed by atoms with van der Waals surface area (Å²) in [6, 6.07) is 11.7. The first-order valence-corrected chi connectivity index (χ1v) is 12.2. The molecule has 2 aromatic carbocycles. The number of amides is 2. The van der Waals surface area contributed by atoms with Crippen molar-refractivity contribution in [1.82, 2.24) is 30.5 Å². The number of aryl methyl sites for hydroxylation is 1. The van der Waals surface area contributed by atoms with E-state index >= 15 is 0 Å². The first-order chi connectivity index (χ1) is 18.0. The van der Waals surface area contributed by atoms with Crippen LogP contribution >= 0.6 is 22.9 Å². The van der Waals surface area contributed by atoms with Gasteiger partial charge in [-0.1, -0.05) is 29.8 Å². The fourth-order valence-electron chi connectivity index (χ4n) is 3.53. The monoisotopic (exact) mass is 556 g/mol. The van der Waals surface area contributed by atoms with Gasteiger partial charge in [0.25, 0.3) is 11.8 Å². The van der Waals surface area contributed by atoms with Gasteiger partial charge in [-0.2, -0.15) is 18.8 Å². The maximum absolute atomic E-state index is 13.6. The van der Waals surface area contributed by atoms with E-state index in [0.29, 0.717) is 28.1 Å². The maximum atomic E-state index is 13.6. The number of nitrogens with zero attached hydrogens (tertiary/aromatic N) is 6. The SMILES string of the molecule is CNC(=O)c1cc(C#N)cc(C)c1NC(=O)c1sc(Cn2nnc(C(C)(F)F)n2)nc1-c1ccccc1Cl. The molecule has 4 rings (SSSR count). The molecule has 194 valence electrons. The van der Waals surface area contributed by atoms with Crippen LogP contribution in [0.2, 0.25) is 5.02 Å². The van der Waals surface area contributed by atoms with Crippen molar-refractivity contribution >= 4 is 40.4 Å². The van der Waals surface area contributed by atoms with Crippen molar-refractivity contribution in [3.05, 3.63) is 73.8 Å². The Morgan fingerprint density at radius 3 is 2.61 bits per heavy atom. The summed E-state index contributed by atoms with van der Waals surface area (Å²) in [7, 11) is 1.44. The second-order valence-electron chi connectivity index (χ2n) is 8.16. The molecule has 10 nitrogen and oxygen atoms in total. The molecule has 38 heavy (non-hydrogen) atoms. The third kappa shape index (κ3) is 5.51. The minimum atomic E-state index is -3.27. The van der Waals surface area contributed by atoms with Gasteiger partial charge in [0.2, 0.25) is 5.82 Å². The molecule has 0 aliphatic rings. The summed E-state index contributed by atoms with van der Waals surface area (Å²) >= 11 is 7.37. The number of aromatic nitrogens is 5. The Morgan fingerprint density at radius 2 is 1.97 bits per heavy atom. The highest BCUT2D eigenvalue weighted by Gasteiger charge is 2.31. The van der Waals surface area contributed by atoms with E-state index in [2.05, 4.69) is 31.0 Å². The highest BCUT2D eigenvalue weighted by molar-refractivity contribution is 7.14. The molecule has 0 bridgehead atoms. The smallest absolute Gasteiger partial charge is 0.307 e. The quantitative estimate of drug-likeness (QED) is 0.344. The Hall–Kier alpha value is -4.28. The van der Waals surface area contributed by atoms with Crippen LogP contribution in [0.25, 0.3) is 11.3 Å². The maximum Gasteiger partial charge on any atom is 0.307 e. The average Bonchev–Trinajstić information content (AvgIpc) is 3.52. The number of carbonyl (C=O) groups is 2. The molecule has 0 aliphatic carbocycles. The van der Waals surface area contributed by atoms with Gasteiger partial charge in [-0.3, -0.25) is 9.59 Å². The zero-order valence-corrected chi connectivity index (χ0v) is 21.8. The number of nitriles is 1. The molecule has 0 saturated heterocycles. The molecule has 0 unspecified atom stereocenters. The van der Waals surface area contributed by atoms with Gasteiger partial charge < -0.3 is 10.6 Å². The molecule has 0 saturated carbocycles. The van der Waals surface area contributed by atoms with Gasteiger partial charge in [0.15, 0.2) is 0 Å². The molecule has 2 heterocycles. The molecular formula is C24H19ClF2N8O2S. The minimum absolute atomic E-state index is 0.112. The van der Waals surface area contributed by atoms with Gasteiger partial charge in [-0.05, 0) is 35.9 Å². The Morgan fingerprint density at radius 1 is 1.24 bits per heavy atom. The first kappa shape index (κ1) is 26.8. The lowest BCUT2D eigenvalue weighted by Crippen LogP contribution is -2.22. The number of benzene rings is 2. The topological polar surface area (TPSA) is 138 Å². The van der Waals surface area contributed by atoms with E-state index in [1.54, 1.807) is 37.3 Å². The van der Waals surface area contributed by atoms with Crippen LogP contribution in [0.4, 0.5) is 14.5 Å². The van der Waals surface area contributed by atoms with Gasteiger partial charge in [0.05, 0.1) is 33.6 Å². The van der Waals surface area contributed by atoms with Gasteiger partial charge in [0, 0.05) is 19.5 Å². The highest BCUT2D eigenvalue weighted by Crippen LogP contribution is 2.34. The van der Waals surface area contributed by atoms with Gasteiger partial charge in [-0.25, -0.2) is 4.98 Å². The summed E-state index contributed by atoms with van der Waals surface area (Å²) in [6.45, 7) is 2.19. The van der Waals surface area contributed by atoms with Crippen LogP contribution in [-0.2, 0) is 12.5 Å². The van der Waals surface area contributed by atoms with Crippen LogP contribution in [0.5, 0.6) is 0 Å². The summed E-state index contributed by atoms with van der Waals surface area (Å²) in [5.74, 6) is -5.08. The van der Waals surface area contributed by atoms with Crippen molar-refractivity contribution in [3.8, 4) is 17.3 Å². The minimum Gasteiger partial charge on any atom is -0.355 e. The third-order valence-electron chi connectivity index (χ3n) is 5.30. The van der Waals surface area contributed by atoms with E-state index in [-0.39, 0.29) is 33.9 Å². The summed E-state index contributed by atoms with van der Waals surface area (Å²) in [5, 5.41) is 26.0. The van der Waals surface area contributed by atoms with Crippen LogP contribution in [0.15, 0.2) is 36.4 Å². The predicted octanol–water partition coefficient (Wildman–Crippen LogP) is 4.40. The molecule has 2 aromatic heterocycles. The van der Waals surface area contributed by atoms with Crippen molar-refractivity contribution in [2.24, 2.45) is 0 Å². The van der Waals surface area contributed by atoms with Crippen LogP contribution in [-0.4, -0.2) is 44.1 Å². The van der Waals surface area contributed by atoms with Crippen molar-refractivity contribution < 1.29 is 18.4 Å². The van der Waals surface area contributed by atoms with Gasteiger partial charge in [-0.15, -0.1) is 21.5 Å². The van der Waals surface area contributed by atoms with E-state index in [9.17, 15) is 23.6 Å². The van der Waals surface area contributed by atoms with Crippen molar-refractivity contribution in [1.29, 1.82) is 5.26 Å². The Labute approximate surface area is 224 Å². The highest BCUT2D eigenvalue weighted by atomic mass is 35.5. The molecule has 0 fully saturated rings. The molecule has 0 radical (unpaired) electrons. The number of halogens is 3. The van der Waals surface area contributed by atoms with Gasteiger partial charge in [0.1, 0.15) is 16.4 Å². The summed E-state index contributed by atoms with van der Waals surface area (Å²) in [6.07, 6.45) is 0. The molecule has 2 amide bonds. The number of rotatable bonds is 7. The van der Waals surface area contributed by atoms with Crippen LogP contribution in [0.1, 0.15) is 48.9 Å². The number of tetrazole rings is 1. The number of carbonyl (C=O) groups excluding carboxylic acids is 2. The lowest BCUT2D eigenvalue weighted by molar-refractivity contribution is 0.00738. The summed E-state index contributed by atoms with van der Waals surface area (Å²) in [4.78, 5) is 31.7. The molecule has 0 atom stereocenters. The Balaban J connectivity index is 1.76. The van der Waals surface area contributed by atoms with Crippen molar-refractivity contribution in [3.63, 3.8) is 0 Å². The van der Waals surface area contributed by atoms with Crippen molar-refractivity contribution in [2.45, 2.75) is 26.3 Å². The van der Waals surface area contributed by atoms with E-state index in [1.807, 2.05) is 6.07 Å². The molecule has 4 aromatic rings. The van der Waals surface area contributed by atoms with Gasteiger partial charge >= 0.3 is 5.92 Å². The number of hydrogen-bond donors (Lipinski definition) is 2. The molecule has 14 heteroatoms. The van der Waals surface area contributed by atoms with E-state index in [0.717, 1.165) is 16.1 Å². The van der Waals surface area contributed by atoms with E-state index < -0.39 is 23.6 Å². The molecule has 0 spiro atoms. The molecular weight excluding hydrogens is 538 g/mol. The normalized spacial score (nSPS) is 11.2. The number of anilines is 1. The lowest BCUT2D eigenvalue weighted by Gasteiger charge is -2.14. The number of alkyl halides is 2. The fraction of sp³-hybridized carbons (Fsp3) is 0.208. The first-order valence-electron chi connectivity index (χ1n) is 11.0. The Kier molecular flexibility index (Phi) is 7.47. The van der Waals surface area contributed by atoms with E-state index in [1.165, 1.54) is 13.1 Å². The Bertz CT molecular complexity index is 1590. The zero-order chi connectivity index (χ0) is 27.6. The van der Waals surface area contributed by atoms with E-state index in [4.69, 9.17) is 11.6 Å². The standard InChI is InChI=1S/C24H19ClF2N8O2S/c1-12-8-13(10-28)9-15(21(36)29-3)18(12)31-22(37)20-19(14-6-4-5-7-16(14)25)30-17(38-20)11-35-33-23(32-34-35)24(2,26)27/h4-9H,11H2,1-3H3,(H,29,36)(H,31,37). The summed E-state index contributed by atoms with van der Waals surface area (Å²) in [5.41, 5.74) is 1.81. The largest absolute Gasteiger partial charge is 0.355 e. The van der Waals surface area contributed by atoms with Crippen LogP contribution in [0.3, 0.4) is 0 Å². The lowest BCUT2D eigenvalue weighted by atomic mass is 10.0. The molecule has 2 N–H and O–H groups in total. The zero-order valence-electron chi connectivity index (χ0n) is 20.2. The van der Waals surface area contributed by atoms with Crippen molar-refractivity contribution in [2.75, 3.05) is 12.4 Å². The number of thiazole rings is 1. The average molecular weight is 557 g/mol. The predicted molar refractivity (Wildman–Crippen MR) is 136 cm³/mol. The summed E-state index contributed by atoms with van der Waals surface area (Å²) < 4.78 is 27.1. The second kappa shape index (κ2) is 10.6. The van der Waals surface area contributed by atoms with Crippen LogP contribution < -0.4 is 10.6 Å². The number of hydrogen-bond acceptors (Lipinski definition) is 8. The molecule has 0 aliphatic heterocycles. The number of nitrogens with one attached hydrogen (secondary N) is 2. The van der Waals surface area contributed by atoms with Crippen LogP contribution in [0, 0.1) is 18.3 Å². The third-order valence-corrected chi connectivity index (χ3v) is 6.67. The fourth-order valence-corrected chi connectivity index (χ4v) is 4.70.